The molecular weight excluding hydrogens is 441 g/mol. The highest BCUT2D eigenvalue weighted by molar-refractivity contribution is 6.67. The topological polar surface area (TPSA) is 46.3 Å². The molecule has 0 bridgehead atoms. The lowest BCUT2D eigenvalue weighted by atomic mass is 10.1. The van der Waals surface area contributed by atoms with Crippen molar-refractivity contribution < 1.29 is 4.84 Å². The van der Waals surface area contributed by atoms with Crippen molar-refractivity contribution in [1.82, 2.24) is 0 Å². The molecule has 4 nitrogen and oxygen atoms in total. The quantitative estimate of drug-likeness (QED) is 0.297. The molecule has 0 radical (unpaired) electrons. The fourth-order valence-electron chi connectivity index (χ4n) is 2.94. The Balaban J connectivity index is 1.54. The van der Waals surface area contributed by atoms with E-state index in [2.05, 4.69) is 5.16 Å². The van der Waals surface area contributed by atoms with E-state index in [1.54, 1.807) is 24.4 Å². The van der Waals surface area contributed by atoms with E-state index in [0.717, 1.165) is 22.4 Å². The zero-order chi connectivity index (χ0) is 20.9. The van der Waals surface area contributed by atoms with Gasteiger partial charge in [0, 0.05) is 26.2 Å². The van der Waals surface area contributed by atoms with Crippen LogP contribution in [0.2, 0.25) is 15.1 Å². The molecule has 0 fully saturated rings. The SMILES string of the molecule is Clc1ccc(C2=NC(c3ccccc3)N=C2/C=N/OCc2ccc(Cl)cc2Cl)cc1. The summed E-state index contributed by atoms with van der Waals surface area (Å²) in [7, 11) is 0. The Morgan fingerprint density at radius 3 is 2.33 bits per heavy atom. The molecule has 0 aliphatic carbocycles. The van der Waals surface area contributed by atoms with Crippen molar-refractivity contribution in [3.05, 3.63) is 105 Å². The van der Waals surface area contributed by atoms with Gasteiger partial charge < -0.3 is 4.84 Å². The lowest BCUT2D eigenvalue weighted by molar-refractivity contribution is 0.132. The molecule has 0 amide bonds. The van der Waals surface area contributed by atoms with Gasteiger partial charge in [0.15, 0.2) is 6.17 Å². The summed E-state index contributed by atoms with van der Waals surface area (Å²) in [5, 5.41) is 5.84. The summed E-state index contributed by atoms with van der Waals surface area (Å²) < 4.78 is 0. The lowest BCUT2D eigenvalue weighted by Crippen LogP contribution is -2.14. The molecule has 1 heterocycles. The number of rotatable bonds is 6. The van der Waals surface area contributed by atoms with Crippen molar-refractivity contribution >= 4 is 52.4 Å². The van der Waals surface area contributed by atoms with Crippen LogP contribution in [0, 0.1) is 0 Å². The maximum Gasteiger partial charge on any atom is 0.166 e. The van der Waals surface area contributed by atoms with E-state index < -0.39 is 0 Å². The fraction of sp³-hybridized carbons (Fsp3) is 0.0870. The van der Waals surface area contributed by atoms with Crippen LogP contribution in [0.3, 0.4) is 0 Å². The molecule has 30 heavy (non-hydrogen) atoms. The van der Waals surface area contributed by atoms with Crippen LogP contribution in [-0.2, 0) is 11.4 Å². The third-order valence-corrected chi connectivity index (χ3v) is 5.29. The van der Waals surface area contributed by atoms with Crippen LogP contribution in [0.1, 0.15) is 22.9 Å². The van der Waals surface area contributed by atoms with Gasteiger partial charge in [0.05, 0.1) is 11.9 Å². The maximum absolute atomic E-state index is 6.17. The Bertz CT molecular complexity index is 1130. The molecule has 0 aromatic heterocycles. The van der Waals surface area contributed by atoms with Crippen molar-refractivity contribution in [2.45, 2.75) is 12.8 Å². The molecule has 1 aliphatic rings. The smallest absolute Gasteiger partial charge is 0.166 e. The Kier molecular flexibility index (Phi) is 6.48. The van der Waals surface area contributed by atoms with Gasteiger partial charge in [-0.25, -0.2) is 4.99 Å². The molecule has 7 heteroatoms. The van der Waals surface area contributed by atoms with Gasteiger partial charge in [0.25, 0.3) is 0 Å². The zero-order valence-electron chi connectivity index (χ0n) is 15.7. The van der Waals surface area contributed by atoms with E-state index >= 15 is 0 Å². The van der Waals surface area contributed by atoms with Gasteiger partial charge in [0.2, 0.25) is 0 Å². The van der Waals surface area contributed by atoms with Crippen molar-refractivity contribution in [3.8, 4) is 0 Å². The molecule has 1 atom stereocenters. The molecule has 3 aromatic rings. The minimum Gasteiger partial charge on any atom is -0.391 e. The van der Waals surface area contributed by atoms with Gasteiger partial charge >= 0.3 is 0 Å². The largest absolute Gasteiger partial charge is 0.391 e. The number of benzene rings is 3. The third kappa shape index (κ3) is 4.90. The highest BCUT2D eigenvalue weighted by Crippen LogP contribution is 2.26. The van der Waals surface area contributed by atoms with E-state index in [1.165, 1.54) is 0 Å². The molecule has 0 saturated heterocycles. The fourth-order valence-corrected chi connectivity index (χ4v) is 3.53. The number of aliphatic imine (C=N–C) groups is 2. The van der Waals surface area contributed by atoms with Crippen molar-refractivity contribution in [1.29, 1.82) is 0 Å². The predicted molar refractivity (Wildman–Crippen MR) is 124 cm³/mol. The molecule has 0 N–H and O–H groups in total. The van der Waals surface area contributed by atoms with Crippen LogP contribution < -0.4 is 0 Å². The summed E-state index contributed by atoms with van der Waals surface area (Å²) in [5.41, 5.74) is 4.07. The second kappa shape index (κ2) is 9.43. The minimum atomic E-state index is -0.330. The van der Waals surface area contributed by atoms with Crippen LogP contribution >= 0.6 is 34.8 Å². The van der Waals surface area contributed by atoms with Gasteiger partial charge in [-0.05, 0) is 29.8 Å². The average Bonchev–Trinajstić information content (AvgIpc) is 3.18. The Morgan fingerprint density at radius 1 is 0.867 bits per heavy atom. The highest BCUT2D eigenvalue weighted by atomic mass is 35.5. The Morgan fingerprint density at radius 2 is 1.60 bits per heavy atom. The van der Waals surface area contributed by atoms with Crippen LogP contribution in [0.15, 0.2) is 87.9 Å². The lowest BCUT2D eigenvalue weighted by Gasteiger charge is -2.04. The van der Waals surface area contributed by atoms with Crippen molar-refractivity contribution in [3.63, 3.8) is 0 Å². The number of hydrogen-bond donors (Lipinski definition) is 0. The first-order valence-corrected chi connectivity index (χ1v) is 10.3. The van der Waals surface area contributed by atoms with E-state index in [0.29, 0.717) is 20.8 Å². The van der Waals surface area contributed by atoms with E-state index in [9.17, 15) is 0 Å². The van der Waals surface area contributed by atoms with Gasteiger partial charge in [-0.3, -0.25) is 4.99 Å². The van der Waals surface area contributed by atoms with E-state index in [4.69, 9.17) is 49.6 Å². The molecule has 1 aliphatic heterocycles. The molecular formula is C23H16Cl3N3O. The normalized spacial score (nSPS) is 15.9. The zero-order valence-corrected chi connectivity index (χ0v) is 17.9. The van der Waals surface area contributed by atoms with Crippen LogP contribution in [0.4, 0.5) is 0 Å². The van der Waals surface area contributed by atoms with Gasteiger partial charge in [-0.2, -0.15) is 0 Å². The van der Waals surface area contributed by atoms with Crippen molar-refractivity contribution in [2.75, 3.05) is 0 Å². The second-order valence-electron chi connectivity index (χ2n) is 6.53. The maximum atomic E-state index is 6.17. The molecule has 3 aromatic carbocycles. The van der Waals surface area contributed by atoms with E-state index in [-0.39, 0.29) is 12.8 Å². The summed E-state index contributed by atoms with van der Waals surface area (Å²) in [6.07, 6.45) is 1.24. The average molecular weight is 457 g/mol. The monoisotopic (exact) mass is 455 g/mol. The van der Waals surface area contributed by atoms with Gasteiger partial charge in [-0.15, -0.1) is 0 Å². The number of nitrogens with zero attached hydrogens (tertiary/aromatic N) is 3. The molecule has 150 valence electrons. The predicted octanol–water partition coefficient (Wildman–Crippen LogP) is 6.79. The molecule has 1 unspecified atom stereocenters. The summed E-state index contributed by atoms with van der Waals surface area (Å²) in [6, 6.07) is 22.6. The summed E-state index contributed by atoms with van der Waals surface area (Å²) in [6.45, 7) is 0.218. The number of halogens is 3. The molecule has 0 spiro atoms. The Labute approximate surface area is 189 Å². The highest BCUT2D eigenvalue weighted by Gasteiger charge is 2.22. The Hall–Kier alpha value is -2.66. The van der Waals surface area contributed by atoms with Gasteiger partial charge in [-0.1, -0.05) is 88.5 Å². The second-order valence-corrected chi connectivity index (χ2v) is 7.81. The summed E-state index contributed by atoms with van der Waals surface area (Å²) in [5.74, 6) is 0. The summed E-state index contributed by atoms with van der Waals surface area (Å²) in [4.78, 5) is 14.9. The van der Waals surface area contributed by atoms with Crippen LogP contribution in [-0.4, -0.2) is 17.6 Å². The van der Waals surface area contributed by atoms with Crippen LogP contribution in [0.25, 0.3) is 0 Å². The minimum absolute atomic E-state index is 0.218. The standard InChI is InChI=1S/C23H16Cl3N3O/c24-18-9-6-15(7-10-18)22-21(28-23(29-22)16-4-2-1-3-5-16)13-27-30-14-17-8-11-19(25)12-20(17)26/h1-13,23H,14H2/b27-13+. The molecule has 4 rings (SSSR count). The summed E-state index contributed by atoms with van der Waals surface area (Å²) >= 11 is 18.1. The number of oxime groups is 1. The first kappa shape index (κ1) is 20.6. The van der Waals surface area contributed by atoms with Crippen LogP contribution in [0.5, 0.6) is 0 Å². The van der Waals surface area contributed by atoms with Gasteiger partial charge in [0.1, 0.15) is 12.3 Å². The van der Waals surface area contributed by atoms with Crippen molar-refractivity contribution in [2.24, 2.45) is 15.1 Å². The number of hydrogen-bond acceptors (Lipinski definition) is 4. The first-order chi connectivity index (χ1) is 14.6. The van der Waals surface area contributed by atoms with E-state index in [1.807, 2.05) is 54.6 Å². The third-order valence-electron chi connectivity index (χ3n) is 4.46. The first-order valence-electron chi connectivity index (χ1n) is 9.16. The molecule has 0 saturated carbocycles.